The van der Waals surface area contributed by atoms with Gasteiger partial charge in [0.2, 0.25) is 21.8 Å². The Hall–Kier alpha value is -2.55. The van der Waals surface area contributed by atoms with Crippen LogP contribution in [0.4, 0.5) is 0 Å². The standard InChI is InChI=1S/C17H17N3O4S/c1-12-19-20-17(24-12)15-4-2-13(3-5-15)14-6-8-16(9-7-14)25(22,23)18-10-11-21/h2-9,18,21H,10-11H2,1H3. The van der Waals surface area contributed by atoms with Crippen LogP contribution in [0, 0.1) is 6.92 Å². The first-order valence-electron chi connectivity index (χ1n) is 7.61. The zero-order valence-corrected chi connectivity index (χ0v) is 14.3. The molecule has 130 valence electrons. The van der Waals surface area contributed by atoms with E-state index in [4.69, 9.17) is 9.52 Å². The van der Waals surface area contributed by atoms with Crippen LogP contribution in [0.25, 0.3) is 22.6 Å². The van der Waals surface area contributed by atoms with Crippen LogP contribution in [0.1, 0.15) is 5.89 Å². The van der Waals surface area contributed by atoms with Gasteiger partial charge in [0, 0.05) is 19.0 Å². The van der Waals surface area contributed by atoms with Crippen LogP contribution in [0.3, 0.4) is 0 Å². The largest absolute Gasteiger partial charge is 0.421 e. The van der Waals surface area contributed by atoms with Gasteiger partial charge in [-0.25, -0.2) is 13.1 Å². The number of nitrogens with one attached hydrogen (secondary N) is 1. The Morgan fingerprint density at radius 3 is 2.04 bits per heavy atom. The summed E-state index contributed by atoms with van der Waals surface area (Å²) in [7, 11) is -3.60. The van der Waals surface area contributed by atoms with Crippen LogP contribution >= 0.6 is 0 Å². The number of aromatic nitrogens is 2. The lowest BCUT2D eigenvalue weighted by Gasteiger charge is -2.07. The number of aryl methyl sites for hydroxylation is 1. The van der Waals surface area contributed by atoms with Gasteiger partial charge in [0.05, 0.1) is 11.5 Å². The van der Waals surface area contributed by atoms with Gasteiger partial charge in [0.1, 0.15) is 0 Å². The van der Waals surface area contributed by atoms with Crippen LogP contribution in [0.5, 0.6) is 0 Å². The SMILES string of the molecule is Cc1nnc(-c2ccc(-c3ccc(S(=O)(=O)NCCO)cc3)cc2)o1. The van der Waals surface area contributed by atoms with Gasteiger partial charge in [-0.15, -0.1) is 10.2 Å². The molecule has 1 aromatic heterocycles. The second kappa shape index (κ2) is 7.14. The van der Waals surface area contributed by atoms with E-state index in [1.807, 2.05) is 24.3 Å². The minimum Gasteiger partial charge on any atom is -0.421 e. The van der Waals surface area contributed by atoms with E-state index in [2.05, 4.69) is 14.9 Å². The zero-order valence-electron chi connectivity index (χ0n) is 13.5. The van der Waals surface area contributed by atoms with Crippen LogP contribution in [0.2, 0.25) is 0 Å². The average Bonchev–Trinajstić information content (AvgIpc) is 3.07. The third-order valence-electron chi connectivity index (χ3n) is 3.56. The molecule has 2 N–H and O–H groups in total. The molecule has 0 spiro atoms. The second-order valence-electron chi connectivity index (χ2n) is 5.35. The summed E-state index contributed by atoms with van der Waals surface area (Å²) in [5, 5.41) is 16.5. The van der Waals surface area contributed by atoms with Gasteiger partial charge < -0.3 is 9.52 Å². The molecule has 0 saturated heterocycles. The molecule has 0 aliphatic heterocycles. The lowest BCUT2D eigenvalue weighted by atomic mass is 10.0. The van der Waals surface area contributed by atoms with Crippen molar-refractivity contribution in [3.05, 3.63) is 54.4 Å². The van der Waals surface area contributed by atoms with Crippen molar-refractivity contribution < 1.29 is 17.9 Å². The molecule has 2 aromatic carbocycles. The van der Waals surface area contributed by atoms with Crippen molar-refractivity contribution in [2.45, 2.75) is 11.8 Å². The highest BCUT2D eigenvalue weighted by Crippen LogP contribution is 2.25. The Morgan fingerprint density at radius 2 is 1.52 bits per heavy atom. The van der Waals surface area contributed by atoms with Gasteiger partial charge in [0.25, 0.3) is 0 Å². The molecule has 0 atom stereocenters. The van der Waals surface area contributed by atoms with Gasteiger partial charge in [-0.2, -0.15) is 0 Å². The molecular formula is C17H17N3O4S. The summed E-state index contributed by atoms with van der Waals surface area (Å²) in [6, 6.07) is 14.1. The third-order valence-corrected chi connectivity index (χ3v) is 5.04. The predicted molar refractivity (Wildman–Crippen MR) is 92.2 cm³/mol. The molecule has 25 heavy (non-hydrogen) atoms. The van der Waals surface area contributed by atoms with Gasteiger partial charge in [-0.3, -0.25) is 0 Å². The molecule has 7 nitrogen and oxygen atoms in total. The van der Waals surface area contributed by atoms with Gasteiger partial charge >= 0.3 is 0 Å². The maximum atomic E-state index is 12.0. The number of aliphatic hydroxyl groups excluding tert-OH is 1. The number of benzene rings is 2. The summed E-state index contributed by atoms with van der Waals surface area (Å²) in [5.74, 6) is 0.964. The van der Waals surface area contributed by atoms with E-state index in [1.165, 1.54) is 12.1 Å². The summed E-state index contributed by atoms with van der Waals surface area (Å²) in [5.41, 5.74) is 2.64. The smallest absolute Gasteiger partial charge is 0.247 e. The Kier molecular flexibility index (Phi) is 4.93. The number of rotatable bonds is 6. The maximum absolute atomic E-state index is 12.0. The summed E-state index contributed by atoms with van der Waals surface area (Å²) in [6.07, 6.45) is 0. The molecule has 0 unspecified atom stereocenters. The van der Waals surface area contributed by atoms with Crippen LogP contribution < -0.4 is 4.72 Å². The monoisotopic (exact) mass is 359 g/mol. The lowest BCUT2D eigenvalue weighted by molar-refractivity contribution is 0.301. The minimum absolute atomic E-state index is 0.0132. The Bertz CT molecular complexity index is 948. The normalized spacial score (nSPS) is 11.6. The molecule has 0 radical (unpaired) electrons. The molecule has 0 bridgehead atoms. The summed E-state index contributed by atoms with van der Waals surface area (Å²) in [6.45, 7) is 1.47. The van der Waals surface area contributed by atoms with Gasteiger partial charge in [-0.05, 0) is 35.4 Å². The van der Waals surface area contributed by atoms with Crippen LogP contribution in [0.15, 0.2) is 57.8 Å². The number of nitrogens with zero attached hydrogens (tertiary/aromatic N) is 2. The molecule has 3 rings (SSSR count). The molecule has 0 aliphatic rings. The Labute approximate surface area is 145 Å². The predicted octanol–water partition coefficient (Wildman–Crippen LogP) is 1.98. The van der Waals surface area contributed by atoms with Gasteiger partial charge in [-0.1, -0.05) is 24.3 Å². The van der Waals surface area contributed by atoms with E-state index in [9.17, 15) is 8.42 Å². The van der Waals surface area contributed by atoms with E-state index in [-0.39, 0.29) is 18.0 Å². The molecule has 0 aliphatic carbocycles. The first kappa shape index (κ1) is 17.3. The van der Waals surface area contributed by atoms with Gasteiger partial charge in [0.15, 0.2) is 0 Å². The second-order valence-corrected chi connectivity index (χ2v) is 7.12. The highest BCUT2D eigenvalue weighted by Gasteiger charge is 2.13. The molecule has 3 aromatic rings. The molecule has 0 amide bonds. The van der Waals surface area contributed by atoms with E-state index in [0.29, 0.717) is 11.8 Å². The molecule has 0 fully saturated rings. The van der Waals surface area contributed by atoms with Crippen LogP contribution in [-0.2, 0) is 10.0 Å². The number of aliphatic hydroxyl groups is 1. The van der Waals surface area contributed by atoms with Crippen molar-refractivity contribution in [3.8, 4) is 22.6 Å². The minimum atomic E-state index is -3.60. The highest BCUT2D eigenvalue weighted by molar-refractivity contribution is 7.89. The maximum Gasteiger partial charge on any atom is 0.247 e. The van der Waals surface area contributed by atoms with Crippen molar-refractivity contribution in [2.75, 3.05) is 13.2 Å². The molecule has 1 heterocycles. The van der Waals surface area contributed by atoms with Crippen molar-refractivity contribution in [1.82, 2.24) is 14.9 Å². The van der Waals surface area contributed by atoms with Crippen LogP contribution in [-0.4, -0.2) is 36.9 Å². The van der Waals surface area contributed by atoms with E-state index < -0.39 is 10.0 Å². The summed E-state index contributed by atoms with van der Waals surface area (Å²) in [4.78, 5) is 0.155. The number of hydrogen-bond acceptors (Lipinski definition) is 6. The first-order valence-corrected chi connectivity index (χ1v) is 9.09. The topological polar surface area (TPSA) is 105 Å². The van der Waals surface area contributed by atoms with Crippen molar-refractivity contribution >= 4 is 10.0 Å². The fourth-order valence-corrected chi connectivity index (χ4v) is 3.33. The summed E-state index contributed by atoms with van der Waals surface area (Å²) >= 11 is 0. The Balaban J connectivity index is 1.80. The van der Waals surface area contributed by atoms with E-state index >= 15 is 0 Å². The zero-order chi connectivity index (χ0) is 17.9. The van der Waals surface area contributed by atoms with E-state index in [1.54, 1.807) is 19.1 Å². The average molecular weight is 359 g/mol. The number of sulfonamides is 1. The summed E-state index contributed by atoms with van der Waals surface area (Å²) < 4.78 is 31.7. The number of hydrogen-bond donors (Lipinski definition) is 2. The highest BCUT2D eigenvalue weighted by atomic mass is 32.2. The first-order chi connectivity index (χ1) is 12.0. The van der Waals surface area contributed by atoms with E-state index in [0.717, 1.165) is 16.7 Å². The molecule has 8 heteroatoms. The Morgan fingerprint density at radius 1 is 0.960 bits per heavy atom. The van der Waals surface area contributed by atoms with Crippen molar-refractivity contribution in [3.63, 3.8) is 0 Å². The fourth-order valence-electron chi connectivity index (χ4n) is 2.31. The third kappa shape index (κ3) is 3.93. The van der Waals surface area contributed by atoms with Crippen molar-refractivity contribution in [2.24, 2.45) is 0 Å². The quantitative estimate of drug-likeness (QED) is 0.697. The fraction of sp³-hybridized carbons (Fsp3) is 0.176. The lowest BCUT2D eigenvalue weighted by Crippen LogP contribution is -2.26. The molecular weight excluding hydrogens is 342 g/mol. The molecule has 0 saturated carbocycles. The van der Waals surface area contributed by atoms with Crippen molar-refractivity contribution in [1.29, 1.82) is 0 Å².